The van der Waals surface area contributed by atoms with E-state index in [-0.39, 0.29) is 11.5 Å². The molecular weight excluding hydrogens is 346 g/mol. The van der Waals surface area contributed by atoms with Crippen LogP contribution in [0.3, 0.4) is 0 Å². The molecule has 2 aromatic carbocycles. The number of rotatable bonds is 7. The molecule has 8 nitrogen and oxygen atoms in total. The van der Waals surface area contributed by atoms with Gasteiger partial charge >= 0.3 is 0 Å². The van der Waals surface area contributed by atoms with Gasteiger partial charge in [0, 0.05) is 0 Å². The molecule has 8 heteroatoms. The van der Waals surface area contributed by atoms with Crippen molar-refractivity contribution < 1.29 is 9.47 Å². The van der Waals surface area contributed by atoms with E-state index in [4.69, 9.17) is 9.47 Å². The number of H-pyrrole nitrogens is 1. The van der Waals surface area contributed by atoms with Crippen LogP contribution in [0.5, 0.6) is 11.5 Å². The summed E-state index contributed by atoms with van der Waals surface area (Å²) in [7, 11) is 1.59. The van der Waals surface area contributed by atoms with Gasteiger partial charge in [-0.3, -0.25) is 9.78 Å². The number of aromatic nitrogens is 3. The van der Waals surface area contributed by atoms with Gasteiger partial charge in [0.25, 0.3) is 5.56 Å². The summed E-state index contributed by atoms with van der Waals surface area (Å²) in [5.41, 5.74) is 4.45. The van der Waals surface area contributed by atoms with Gasteiger partial charge in [-0.15, -0.1) is 10.2 Å². The van der Waals surface area contributed by atoms with Crippen molar-refractivity contribution >= 4 is 12.2 Å². The van der Waals surface area contributed by atoms with Gasteiger partial charge in [-0.1, -0.05) is 30.3 Å². The van der Waals surface area contributed by atoms with E-state index in [0.29, 0.717) is 23.8 Å². The van der Waals surface area contributed by atoms with Gasteiger partial charge in [0.2, 0.25) is 5.95 Å². The minimum Gasteiger partial charge on any atom is -0.493 e. The molecular formula is C19H19N5O3. The van der Waals surface area contributed by atoms with Crippen molar-refractivity contribution in [3.8, 4) is 11.5 Å². The molecule has 0 unspecified atom stereocenters. The fourth-order valence-electron chi connectivity index (χ4n) is 2.23. The Balaban J connectivity index is 1.70. The molecule has 0 aliphatic rings. The Morgan fingerprint density at radius 2 is 1.96 bits per heavy atom. The number of methoxy groups -OCH3 is 1. The maximum atomic E-state index is 11.5. The number of ether oxygens (including phenoxy) is 2. The van der Waals surface area contributed by atoms with E-state index in [1.54, 1.807) is 26.3 Å². The summed E-state index contributed by atoms with van der Waals surface area (Å²) < 4.78 is 11.2. The Morgan fingerprint density at radius 3 is 2.70 bits per heavy atom. The molecule has 0 radical (unpaired) electrons. The maximum Gasteiger partial charge on any atom is 0.274 e. The van der Waals surface area contributed by atoms with Crippen LogP contribution < -0.4 is 20.5 Å². The van der Waals surface area contributed by atoms with Crippen molar-refractivity contribution in [2.75, 3.05) is 12.5 Å². The minimum atomic E-state index is -0.316. The standard InChI is InChI=1S/C19H19N5O3/c1-13-18(25)21-19(24-22-13)23-20-11-15-8-9-16(26-2)17(10-15)27-12-14-6-4-3-5-7-14/h3-11H,12H2,1-2H3,(H2,21,23,24,25). The Labute approximate surface area is 155 Å². The summed E-state index contributed by atoms with van der Waals surface area (Å²) in [6.45, 7) is 2.00. The van der Waals surface area contributed by atoms with Gasteiger partial charge in [0.05, 0.1) is 13.3 Å². The van der Waals surface area contributed by atoms with Gasteiger partial charge in [-0.25, -0.2) is 5.43 Å². The van der Waals surface area contributed by atoms with Crippen LogP contribution in [0, 0.1) is 6.92 Å². The van der Waals surface area contributed by atoms with Crippen LogP contribution in [0.2, 0.25) is 0 Å². The fourth-order valence-corrected chi connectivity index (χ4v) is 2.23. The number of hydrogen-bond acceptors (Lipinski definition) is 7. The van der Waals surface area contributed by atoms with Gasteiger partial charge < -0.3 is 9.47 Å². The second kappa shape index (κ2) is 8.61. The van der Waals surface area contributed by atoms with E-state index in [1.165, 1.54) is 0 Å². The smallest absolute Gasteiger partial charge is 0.274 e. The number of nitrogens with one attached hydrogen (secondary N) is 2. The van der Waals surface area contributed by atoms with Crippen LogP contribution in [0.25, 0.3) is 0 Å². The average molecular weight is 365 g/mol. The predicted octanol–water partition coefficient (Wildman–Crippen LogP) is 2.51. The molecule has 0 spiro atoms. The van der Waals surface area contributed by atoms with Crippen molar-refractivity contribution in [3.05, 3.63) is 75.7 Å². The van der Waals surface area contributed by atoms with Crippen LogP contribution in [0.1, 0.15) is 16.8 Å². The van der Waals surface area contributed by atoms with Crippen LogP contribution in [0.15, 0.2) is 58.4 Å². The second-order valence-electron chi connectivity index (χ2n) is 5.64. The van der Waals surface area contributed by atoms with E-state index in [2.05, 4.69) is 25.7 Å². The first-order valence-electron chi connectivity index (χ1n) is 8.23. The first kappa shape index (κ1) is 18.1. The molecule has 3 aromatic rings. The minimum absolute atomic E-state index is 0.163. The zero-order valence-corrected chi connectivity index (χ0v) is 15.0. The number of hydrogen-bond donors (Lipinski definition) is 2. The Kier molecular flexibility index (Phi) is 5.78. The van der Waals surface area contributed by atoms with E-state index < -0.39 is 0 Å². The van der Waals surface area contributed by atoms with Crippen LogP contribution >= 0.6 is 0 Å². The summed E-state index contributed by atoms with van der Waals surface area (Å²) in [4.78, 5) is 14.0. The topological polar surface area (TPSA) is 101 Å². The molecule has 1 aromatic heterocycles. The summed E-state index contributed by atoms with van der Waals surface area (Å²) in [5, 5.41) is 11.6. The highest BCUT2D eigenvalue weighted by Gasteiger charge is 2.06. The van der Waals surface area contributed by atoms with Gasteiger partial charge in [0.15, 0.2) is 11.5 Å². The second-order valence-corrected chi connectivity index (χ2v) is 5.64. The molecule has 0 saturated heterocycles. The van der Waals surface area contributed by atoms with Crippen molar-refractivity contribution in [1.82, 2.24) is 15.2 Å². The highest BCUT2D eigenvalue weighted by molar-refractivity contribution is 5.81. The zero-order chi connectivity index (χ0) is 19.1. The third kappa shape index (κ3) is 4.91. The van der Waals surface area contributed by atoms with Gasteiger partial charge in [-0.05, 0) is 36.2 Å². The number of nitrogens with zero attached hydrogens (tertiary/aromatic N) is 3. The molecule has 0 fully saturated rings. The van der Waals surface area contributed by atoms with Gasteiger partial charge in [-0.2, -0.15) is 5.10 Å². The zero-order valence-electron chi connectivity index (χ0n) is 15.0. The largest absolute Gasteiger partial charge is 0.493 e. The Hall–Kier alpha value is -3.68. The van der Waals surface area contributed by atoms with Crippen molar-refractivity contribution in [3.63, 3.8) is 0 Å². The summed E-state index contributed by atoms with van der Waals surface area (Å²) in [5.74, 6) is 1.40. The number of benzene rings is 2. The van der Waals surface area contributed by atoms with Crippen LogP contribution in [-0.2, 0) is 6.61 Å². The molecule has 0 amide bonds. The highest BCUT2D eigenvalue weighted by Crippen LogP contribution is 2.28. The summed E-state index contributed by atoms with van der Waals surface area (Å²) in [6.07, 6.45) is 1.58. The normalized spacial score (nSPS) is 10.7. The molecule has 27 heavy (non-hydrogen) atoms. The highest BCUT2D eigenvalue weighted by atomic mass is 16.5. The summed E-state index contributed by atoms with van der Waals surface area (Å²) in [6, 6.07) is 15.3. The molecule has 0 aliphatic heterocycles. The van der Waals surface area contributed by atoms with E-state index in [1.807, 2.05) is 42.5 Å². The maximum absolute atomic E-state index is 11.5. The lowest BCUT2D eigenvalue weighted by Gasteiger charge is -2.11. The number of anilines is 1. The van der Waals surface area contributed by atoms with Crippen LogP contribution in [-0.4, -0.2) is 28.5 Å². The lowest BCUT2D eigenvalue weighted by Crippen LogP contribution is -2.15. The number of aryl methyl sites for hydroxylation is 1. The predicted molar refractivity (Wildman–Crippen MR) is 102 cm³/mol. The third-order valence-electron chi connectivity index (χ3n) is 3.67. The van der Waals surface area contributed by atoms with Crippen molar-refractivity contribution in [1.29, 1.82) is 0 Å². The Morgan fingerprint density at radius 1 is 1.15 bits per heavy atom. The molecule has 0 bridgehead atoms. The lowest BCUT2D eigenvalue weighted by molar-refractivity contribution is 0.284. The monoisotopic (exact) mass is 365 g/mol. The van der Waals surface area contributed by atoms with E-state index >= 15 is 0 Å². The Bertz CT molecular complexity index is 986. The van der Waals surface area contributed by atoms with Crippen molar-refractivity contribution in [2.45, 2.75) is 13.5 Å². The number of aromatic amines is 1. The molecule has 0 aliphatic carbocycles. The summed E-state index contributed by atoms with van der Waals surface area (Å²) >= 11 is 0. The first-order chi connectivity index (χ1) is 13.2. The SMILES string of the molecule is COc1ccc(C=NNc2nnc(C)c(=O)[nH]2)cc1OCc1ccccc1. The quantitative estimate of drug-likeness (QED) is 0.493. The molecule has 1 heterocycles. The van der Waals surface area contributed by atoms with E-state index in [9.17, 15) is 4.79 Å². The first-order valence-corrected chi connectivity index (χ1v) is 8.23. The molecule has 138 valence electrons. The molecule has 0 saturated carbocycles. The van der Waals surface area contributed by atoms with E-state index in [0.717, 1.165) is 11.1 Å². The molecule has 3 rings (SSSR count). The fraction of sp³-hybridized carbons (Fsp3) is 0.158. The molecule has 2 N–H and O–H groups in total. The van der Waals surface area contributed by atoms with Crippen molar-refractivity contribution in [2.24, 2.45) is 5.10 Å². The molecule has 0 atom stereocenters. The van der Waals surface area contributed by atoms with Gasteiger partial charge in [0.1, 0.15) is 12.3 Å². The number of hydrazone groups is 1. The third-order valence-corrected chi connectivity index (χ3v) is 3.67. The average Bonchev–Trinajstić information content (AvgIpc) is 2.70. The lowest BCUT2D eigenvalue weighted by atomic mass is 10.2. The van der Waals surface area contributed by atoms with Crippen LogP contribution in [0.4, 0.5) is 5.95 Å².